The highest BCUT2D eigenvalue weighted by Gasteiger charge is 2.22. The van der Waals surface area contributed by atoms with Crippen LogP contribution in [0.25, 0.3) is 0 Å². The Kier molecular flexibility index (Phi) is 7.48. The van der Waals surface area contributed by atoms with E-state index in [2.05, 4.69) is 37.2 Å². The summed E-state index contributed by atoms with van der Waals surface area (Å²) in [5, 5.41) is 3.76. The van der Waals surface area contributed by atoms with Gasteiger partial charge in [-0.2, -0.15) is 0 Å². The third kappa shape index (κ3) is 5.80. The third-order valence-electron chi connectivity index (χ3n) is 5.55. The summed E-state index contributed by atoms with van der Waals surface area (Å²) in [5.74, 6) is 2.04. The van der Waals surface area contributed by atoms with Crippen LogP contribution < -0.4 is 19.9 Å². The van der Waals surface area contributed by atoms with E-state index in [9.17, 15) is 4.79 Å². The Bertz CT molecular complexity index is 852. The Morgan fingerprint density at radius 1 is 1.16 bits per heavy atom. The SMILES string of the molecule is COc1ccc(N2CCN(c3nccnc3SCC(=O)NCC3CCCO3)CC2)cc1. The van der Waals surface area contributed by atoms with Gasteiger partial charge in [-0.05, 0) is 37.1 Å². The quantitative estimate of drug-likeness (QED) is 0.622. The van der Waals surface area contributed by atoms with Gasteiger partial charge >= 0.3 is 0 Å². The highest BCUT2D eigenvalue weighted by atomic mass is 32.2. The molecule has 2 saturated heterocycles. The first-order valence-corrected chi connectivity index (χ1v) is 11.7. The summed E-state index contributed by atoms with van der Waals surface area (Å²) < 4.78 is 10.8. The molecule has 4 rings (SSSR count). The number of methoxy groups -OCH3 is 1. The lowest BCUT2D eigenvalue weighted by Crippen LogP contribution is -2.47. The third-order valence-corrected chi connectivity index (χ3v) is 6.52. The van der Waals surface area contributed by atoms with E-state index < -0.39 is 0 Å². The first-order chi connectivity index (χ1) is 15.2. The van der Waals surface area contributed by atoms with Crippen molar-refractivity contribution >= 4 is 29.2 Å². The van der Waals surface area contributed by atoms with Crippen LogP contribution in [0.3, 0.4) is 0 Å². The molecule has 0 bridgehead atoms. The number of ether oxygens (including phenoxy) is 2. The highest BCUT2D eigenvalue weighted by molar-refractivity contribution is 8.00. The molecule has 2 aliphatic heterocycles. The van der Waals surface area contributed by atoms with Gasteiger partial charge < -0.3 is 24.6 Å². The van der Waals surface area contributed by atoms with Gasteiger partial charge in [0.2, 0.25) is 5.91 Å². The van der Waals surface area contributed by atoms with Crippen molar-refractivity contribution in [2.75, 3.05) is 62.0 Å². The zero-order valence-corrected chi connectivity index (χ0v) is 18.6. The lowest BCUT2D eigenvalue weighted by atomic mass is 10.2. The number of piperazine rings is 1. The fraction of sp³-hybridized carbons (Fsp3) is 0.500. The Morgan fingerprint density at radius 3 is 2.61 bits per heavy atom. The minimum Gasteiger partial charge on any atom is -0.497 e. The van der Waals surface area contributed by atoms with Crippen LogP contribution in [0.1, 0.15) is 12.8 Å². The number of rotatable bonds is 8. The average molecular weight is 444 g/mol. The molecule has 8 nitrogen and oxygen atoms in total. The van der Waals surface area contributed by atoms with Crippen LogP contribution in [0.15, 0.2) is 41.7 Å². The largest absolute Gasteiger partial charge is 0.497 e. The molecule has 1 aromatic heterocycles. The molecule has 0 radical (unpaired) electrons. The van der Waals surface area contributed by atoms with Crippen molar-refractivity contribution in [3.63, 3.8) is 0 Å². The smallest absolute Gasteiger partial charge is 0.230 e. The van der Waals surface area contributed by atoms with E-state index in [4.69, 9.17) is 9.47 Å². The molecule has 2 fully saturated rings. The summed E-state index contributed by atoms with van der Waals surface area (Å²) in [6, 6.07) is 8.16. The zero-order chi connectivity index (χ0) is 21.5. The van der Waals surface area contributed by atoms with Crippen LogP contribution in [0, 0.1) is 0 Å². The van der Waals surface area contributed by atoms with Gasteiger partial charge in [-0.1, -0.05) is 11.8 Å². The van der Waals surface area contributed by atoms with Gasteiger partial charge in [0.25, 0.3) is 0 Å². The van der Waals surface area contributed by atoms with Crippen molar-refractivity contribution in [1.29, 1.82) is 0 Å². The van der Waals surface area contributed by atoms with Gasteiger partial charge in [0.15, 0.2) is 5.82 Å². The van der Waals surface area contributed by atoms with Crippen molar-refractivity contribution in [3.8, 4) is 5.75 Å². The second kappa shape index (κ2) is 10.7. The Labute approximate surface area is 187 Å². The number of carbonyl (C=O) groups excluding carboxylic acids is 1. The highest BCUT2D eigenvalue weighted by Crippen LogP contribution is 2.28. The molecule has 0 spiro atoms. The molecule has 166 valence electrons. The summed E-state index contributed by atoms with van der Waals surface area (Å²) in [6.07, 6.45) is 5.65. The molecule has 9 heteroatoms. The topological polar surface area (TPSA) is 79.8 Å². The summed E-state index contributed by atoms with van der Waals surface area (Å²) >= 11 is 1.44. The van der Waals surface area contributed by atoms with Crippen molar-refractivity contribution < 1.29 is 14.3 Å². The minimum absolute atomic E-state index is 0.00132. The van der Waals surface area contributed by atoms with Gasteiger partial charge in [-0.3, -0.25) is 4.79 Å². The number of hydrogen-bond acceptors (Lipinski definition) is 8. The van der Waals surface area contributed by atoms with Gasteiger partial charge in [0.1, 0.15) is 10.8 Å². The van der Waals surface area contributed by atoms with Crippen molar-refractivity contribution in [2.24, 2.45) is 0 Å². The number of benzene rings is 1. The summed E-state index contributed by atoms with van der Waals surface area (Å²) in [4.78, 5) is 25.9. The summed E-state index contributed by atoms with van der Waals surface area (Å²) in [5.41, 5.74) is 1.19. The first kappa shape index (κ1) is 21.7. The molecule has 1 N–H and O–H groups in total. The van der Waals surface area contributed by atoms with Gasteiger partial charge in [0.05, 0.1) is 19.0 Å². The van der Waals surface area contributed by atoms with E-state index in [1.807, 2.05) is 12.1 Å². The fourth-order valence-corrected chi connectivity index (χ4v) is 4.64. The molecule has 2 aromatic rings. The number of thioether (sulfide) groups is 1. The second-order valence-corrected chi connectivity index (χ2v) is 8.55. The number of carbonyl (C=O) groups is 1. The molecule has 1 aromatic carbocycles. The maximum atomic E-state index is 12.2. The van der Waals surface area contributed by atoms with Gasteiger partial charge in [-0.25, -0.2) is 9.97 Å². The van der Waals surface area contributed by atoms with Crippen molar-refractivity contribution in [1.82, 2.24) is 15.3 Å². The van der Waals surface area contributed by atoms with E-state index >= 15 is 0 Å². The van der Waals surface area contributed by atoms with Crippen LogP contribution in [-0.4, -0.2) is 74.2 Å². The molecule has 31 heavy (non-hydrogen) atoms. The van der Waals surface area contributed by atoms with Crippen molar-refractivity contribution in [2.45, 2.75) is 24.0 Å². The molecule has 1 amide bonds. The van der Waals surface area contributed by atoms with Gasteiger partial charge in [-0.15, -0.1) is 0 Å². The molecule has 3 heterocycles. The number of anilines is 2. The van der Waals surface area contributed by atoms with E-state index in [-0.39, 0.29) is 12.0 Å². The molecule has 1 unspecified atom stereocenters. The summed E-state index contributed by atoms with van der Waals surface area (Å²) in [6.45, 7) is 4.88. The van der Waals surface area contributed by atoms with E-state index in [1.165, 1.54) is 17.4 Å². The number of hydrogen-bond donors (Lipinski definition) is 1. The predicted molar refractivity (Wildman–Crippen MR) is 122 cm³/mol. The first-order valence-electron chi connectivity index (χ1n) is 10.7. The number of aromatic nitrogens is 2. The summed E-state index contributed by atoms with van der Waals surface area (Å²) in [7, 11) is 1.68. The number of amides is 1. The monoisotopic (exact) mass is 443 g/mol. The van der Waals surface area contributed by atoms with Crippen LogP contribution in [0.5, 0.6) is 5.75 Å². The average Bonchev–Trinajstić information content (AvgIpc) is 3.36. The maximum absolute atomic E-state index is 12.2. The maximum Gasteiger partial charge on any atom is 0.230 e. The van der Waals surface area contributed by atoms with Gasteiger partial charge in [0, 0.05) is 57.4 Å². The molecular formula is C22H29N5O3S. The van der Waals surface area contributed by atoms with Crippen LogP contribution in [0.2, 0.25) is 0 Å². The van der Waals surface area contributed by atoms with Crippen LogP contribution in [-0.2, 0) is 9.53 Å². The molecule has 0 saturated carbocycles. The molecular weight excluding hydrogens is 414 g/mol. The Balaban J connectivity index is 1.29. The number of nitrogens with zero attached hydrogens (tertiary/aromatic N) is 4. The van der Waals surface area contributed by atoms with E-state index in [0.717, 1.165) is 62.2 Å². The lowest BCUT2D eigenvalue weighted by molar-refractivity contribution is -0.119. The second-order valence-electron chi connectivity index (χ2n) is 7.59. The van der Waals surface area contributed by atoms with E-state index in [1.54, 1.807) is 19.5 Å². The van der Waals surface area contributed by atoms with Crippen molar-refractivity contribution in [3.05, 3.63) is 36.7 Å². The normalized spacial score (nSPS) is 18.8. The Morgan fingerprint density at radius 2 is 1.90 bits per heavy atom. The molecule has 1 atom stereocenters. The molecule has 2 aliphatic rings. The predicted octanol–water partition coefficient (Wildman–Crippen LogP) is 2.20. The lowest BCUT2D eigenvalue weighted by Gasteiger charge is -2.37. The van der Waals surface area contributed by atoms with Crippen LogP contribution in [0.4, 0.5) is 11.5 Å². The Hall–Kier alpha value is -2.52. The fourth-order valence-electron chi connectivity index (χ4n) is 3.82. The van der Waals surface area contributed by atoms with E-state index in [0.29, 0.717) is 12.3 Å². The zero-order valence-electron chi connectivity index (χ0n) is 17.8. The minimum atomic E-state index is 0.00132. The molecule has 0 aliphatic carbocycles. The number of nitrogens with one attached hydrogen (secondary N) is 1. The van der Waals surface area contributed by atoms with Crippen LogP contribution >= 0.6 is 11.8 Å². The standard InChI is InChI=1S/C22H29N5O3S/c1-29-18-6-4-17(5-7-18)26-10-12-27(13-11-26)21-22(24-9-8-23-21)31-16-20(28)25-15-19-3-2-14-30-19/h4-9,19H,2-3,10-16H2,1H3,(H,25,28).